The first-order valence-electron chi connectivity index (χ1n) is 9.36. The second-order valence-corrected chi connectivity index (χ2v) is 7.27. The van der Waals surface area contributed by atoms with Crippen molar-refractivity contribution in [2.75, 3.05) is 33.2 Å². The summed E-state index contributed by atoms with van der Waals surface area (Å²) in [6.07, 6.45) is -2.68. The molecule has 1 aliphatic heterocycles. The van der Waals surface area contributed by atoms with Gasteiger partial charge in [0.05, 0.1) is 22.9 Å². The Balaban J connectivity index is 0.000000200. The first kappa shape index (κ1) is 21.3. The first-order chi connectivity index (χ1) is 13.7. The summed E-state index contributed by atoms with van der Waals surface area (Å²) < 4.78 is 53.0. The summed E-state index contributed by atoms with van der Waals surface area (Å²) in [6, 6.07) is 10.8. The average molecular weight is 408 g/mol. The molecule has 0 bridgehead atoms. The van der Waals surface area contributed by atoms with Crippen LogP contribution in [0.2, 0.25) is 0 Å². The van der Waals surface area contributed by atoms with Gasteiger partial charge in [-0.05, 0) is 42.9 Å². The van der Waals surface area contributed by atoms with Crippen molar-refractivity contribution in [1.82, 2.24) is 19.4 Å². The molecule has 0 radical (unpaired) electrons. The molecule has 3 aromatic rings. The molecule has 29 heavy (non-hydrogen) atoms. The number of benzene rings is 2. The number of hydrogen-bond acceptors (Lipinski definition) is 3. The molecule has 0 unspecified atom stereocenters. The van der Waals surface area contributed by atoms with Crippen molar-refractivity contribution >= 4 is 11.0 Å². The van der Waals surface area contributed by atoms with Crippen LogP contribution in [0.1, 0.15) is 11.1 Å². The van der Waals surface area contributed by atoms with E-state index in [0.29, 0.717) is 18.2 Å². The number of nitrogens with zero attached hydrogens (tertiary/aromatic N) is 4. The van der Waals surface area contributed by atoms with E-state index in [2.05, 4.69) is 16.0 Å². The van der Waals surface area contributed by atoms with Gasteiger partial charge in [-0.3, -0.25) is 4.90 Å². The van der Waals surface area contributed by atoms with Gasteiger partial charge >= 0.3 is 6.18 Å². The molecule has 4 nitrogen and oxygen atoms in total. The number of halogens is 4. The molecular formula is C21H24F4N4. The number of alkyl halides is 3. The van der Waals surface area contributed by atoms with Crippen molar-refractivity contribution in [2.45, 2.75) is 12.7 Å². The molecule has 1 fully saturated rings. The normalized spacial score (nSPS) is 15.9. The molecule has 0 atom stereocenters. The Bertz CT molecular complexity index is 943. The van der Waals surface area contributed by atoms with Crippen molar-refractivity contribution in [3.8, 4) is 0 Å². The molecule has 0 N–H and O–H groups in total. The van der Waals surface area contributed by atoms with Gasteiger partial charge in [0, 0.05) is 39.8 Å². The van der Waals surface area contributed by atoms with Crippen LogP contribution >= 0.6 is 0 Å². The number of hydrogen-bond donors (Lipinski definition) is 0. The lowest BCUT2D eigenvalue weighted by Gasteiger charge is -2.32. The minimum absolute atomic E-state index is 0.356. The van der Waals surface area contributed by atoms with E-state index in [4.69, 9.17) is 0 Å². The van der Waals surface area contributed by atoms with Crippen molar-refractivity contribution < 1.29 is 17.6 Å². The predicted octanol–water partition coefficient (Wildman–Crippen LogP) is 4.17. The fourth-order valence-corrected chi connectivity index (χ4v) is 3.25. The maximum absolute atomic E-state index is 13.2. The smallest absolute Gasteiger partial charge is 0.334 e. The molecule has 1 saturated heterocycles. The van der Waals surface area contributed by atoms with E-state index >= 15 is 0 Å². The topological polar surface area (TPSA) is 24.3 Å². The van der Waals surface area contributed by atoms with E-state index < -0.39 is 17.6 Å². The number of imidazole rings is 1. The minimum Gasteiger partial charge on any atom is -0.334 e. The van der Waals surface area contributed by atoms with E-state index in [1.165, 1.54) is 11.6 Å². The van der Waals surface area contributed by atoms with Crippen molar-refractivity contribution in [2.24, 2.45) is 7.05 Å². The molecule has 0 aliphatic carbocycles. The van der Waals surface area contributed by atoms with E-state index in [-0.39, 0.29) is 0 Å². The van der Waals surface area contributed by atoms with Gasteiger partial charge in [0.2, 0.25) is 0 Å². The van der Waals surface area contributed by atoms with Crippen molar-refractivity contribution in [3.63, 3.8) is 0 Å². The summed E-state index contributed by atoms with van der Waals surface area (Å²) in [5.74, 6) is -0.834. The number of likely N-dealkylation sites (N-methyl/N-ethyl adjacent to an activating group) is 1. The van der Waals surface area contributed by atoms with Crippen LogP contribution in [0.5, 0.6) is 0 Å². The van der Waals surface area contributed by atoms with Crippen LogP contribution in [0, 0.1) is 5.82 Å². The zero-order valence-electron chi connectivity index (χ0n) is 16.5. The van der Waals surface area contributed by atoms with Gasteiger partial charge in [-0.1, -0.05) is 12.1 Å². The third-order valence-corrected chi connectivity index (χ3v) is 4.92. The predicted molar refractivity (Wildman–Crippen MR) is 105 cm³/mol. The van der Waals surface area contributed by atoms with E-state index in [1.807, 2.05) is 48.1 Å². The first-order valence-corrected chi connectivity index (χ1v) is 9.36. The Morgan fingerprint density at radius 3 is 2.31 bits per heavy atom. The van der Waals surface area contributed by atoms with Gasteiger partial charge < -0.3 is 9.47 Å². The highest BCUT2D eigenvalue weighted by atomic mass is 19.4. The van der Waals surface area contributed by atoms with E-state index in [0.717, 1.165) is 37.8 Å². The van der Waals surface area contributed by atoms with Crippen LogP contribution in [0.15, 0.2) is 48.8 Å². The van der Waals surface area contributed by atoms with Gasteiger partial charge in [0.15, 0.2) is 0 Å². The van der Waals surface area contributed by atoms with Crippen LogP contribution in [0.25, 0.3) is 11.0 Å². The highest BCUT2D eigenvalue weighted by Gasteiger charge is 2.31. The summed E-state index contributed by atoms with van der Waals surface area (Å²) in [7, 11) is 4.00. The standard InChI is InChI=1S/C13H16F4N2.C8H8N2/c1-18-2-4-19(5-3-18)9-10-6-11(13(15,16)17)8-12(14)7-10;1-10-6-9-7-4-2-3-5-8(7)10/h6-8H,2-5,9H2,1H3;2-6H,1H3. The fraction of sp³-hybridized carbons (Fsp3) is 0.381. The number of rotatable bonds is 2. The Labute approximate surface area is 167 Å². The lowest BCUT2D eigenvalue weighted by molar-refractivity contribution is -0.137. The van der Waals surface area contributed by atoms with E-state index in [9.17, 15) is 17.6 Å². The van der Waals surface area contributed by atoms with Crippen molar-refractivity contribution in [3.05, 3.63) is 65.7 Å². The Hall–Kier alpha value is -2.45. The fourth-order valence-electron chi connectivity index (χ4n) is 3.25. The molecule has 0 spiro atoms. The molecule has 2 aromatic carbocycles. The number of piperazine rings is 1. The molecule has 1 aliphatic rings. The average Bonchev–Trinajstić information content (AvgIpc) is 3.05. The molecule has 0 saturated carbocycles. The largest absolute Gasteiger partial charge is 0.416 e. The number of para-hydroxylation sites is 2. The maximum Gasteiger partial charge on any atom is 0.416 e. The molecule has 1 aromatic heterocycles. The second-order valence-electron chi connectivity index (χ2n) is 7.27. The van der Waals surface area contributed by atoms with Crippen LogP contribution in [-0.2, 0) is 19.8 Å². The molecule has 0 amide bonds. The Morgan fingerprint density at radius 2 is 1.66 bits per heavy atom. The van der Waals surface area contributed by atoms with Gasteiger partial charge in [-0.2, -0.15) is 13.2 Å². The molecule has 2 heterocycles. The van der Waals surface area contributed by atoms with Gasteiger partial charge in [-0.25, -0.2) is 9.37 Å². The maximum atomic E-state index is 13.2. The SMILES string of the molecule is CN1CCN(Cc2cc(F)cc(C(F)(F)F)c2)CC1.Cn1cnc2ccccc21. The van der Waals surface area contributed by atoms with Crippen LogP contribution in [-0.4, -0.2) is 52.6 Å². The second kappa shape index (κ2) is 8.92. The summed E-state index contributed by atoms with van der Waals surface area (Å²) in [5.41, 5.74) is 1.70. The quantitative estimate of drug-likeness (QED) is 0.595. The van der Waals surface area contributed by atoms with Gasteiger partial charge in [-0.15, -0.1) is 0 Å². The third-order valence-electron chi connectivity index (χ3n) is 4.92. The molecule has 8 heteroatoms. The van der Waals surface area contributed by atoms with Crippen LogP contribution in [0.3, 0.4) is 0 Å². The zero-order chi connectivity index (χ0) is 21.0. The summed E-state index contributed by atoms with van der Waals surface area (Å²) in [6.45, 7) is 3.68. The monoisotopic (exact) mass is 408 g/mol. The summed E-state index contributed by atoms with van der Waals surface area (Å²) >= 11 is 0. The van der Waals surface area contributed by atoms with Crippen molar-refractivity contribution in [1.29, 1.82) is 0 Å². The zero-order valence-corrected chi connectivity index (χ0v) is 16.5. The minimum atomic E-state index is -4.50. The summed E-state index contributed by atoms with van der Waals surface area (Å²) in [4.78, 5) is 8.37. The van der Waals surface area contributed by atoms with Crippen LogP contribution in [0.4, 0.5) is 17.6 Å². The number of aryl methyl sites for hydroxylation is 1. The number of fused-ring (bicyclic) bond motifs is 1. The van der Waals surface area contributed by atoms with Crippen LogP contribution < -0.4 is 0 Å². The van der Waals surface area contributed by atoms with Gasteiger partial charge in [0.1, 0.15) is 5.82 Å². The lowest BCUT2D eigenvalue weighted by atomic mass is 10.1. The van der Waals surface area contributed by atoms with E-state index in [1.54, 1.807) is 0 Å². The lowest BCUT2D eigenvalue weighted by Crippen LogP contribution is -2.43. The molecule has 4 rings (SSSR count). The van der Waals surface area contributed by atoms with Gasteiger partial charge in [0.25, 0.3) is 0 Å². The highest BCUT2D eigenvalue weighted by molar-refractivity contribution is 5.74. The Kier molecular flexibility index (Phi) is 6.54. The summed E-state index contributed by atoms with van der Waals surface area (Å²) in [5, 5.41) is 0. The molecule has 156 valence electrons. The molecular weight excluding hydrogens is 384 g/mol. The third kappa shape index (κ3) is 5.77. The number of aromatic nitrogens is 2. The highest BCUT2D eigenvalue weighted by Crippen LogP contribution is 2.30. The Morgan fingerprint density at radius 1 is 0.966 bits per heavy atom.